The number of hydrogen-bond donors (Lipinski definition) is 2. The summed E-state index contributed by atoms with van der Waals surface area (Å²) in [7, 11) is 0. The van der Waals surface area contributed by atoms with E-state index in [1.165, 1.54) is 16.0 Å². The van der Waals surface area contributed by atoms with E-state index in [9.17, 15) is 0 Å². The van der Waals surface area contributed by atoms with Crippen molar-refractivity contribution in [2.45, 2.75) is 24.9 Å². The van der Waals surface area contributed by atoms with Crippen LogP contribution in [0.1, 0.15) is 28.9 Å². The molecule has 1 aliphatic carbocycles. The zero-order valence-electron chi connectivity index (χ0n) is 13.3. The lowest BCUT2D eigenvalue weighted by atomic mass is 9.95. The molecule has 2 unspecified atom stereocenters. The lowest BCUT2D eigenvalue weighted by Gasteiger charge is -2.27. The first-order valence-corrected chi connectivity index (χ1v) is 9.80. The number of rotatable bonds is 1. The maximum absolute atomic E-state index is 5.97. The Morgan fingerprint density at radius 3 is 3.16 bits per heavy atom. The molecule has 0 aromatic carbocycles. The molecule has 2 aliphatic rings. The molecule has 0 bridgehead atoms. The molecule has 4 heterocycles. The van der Waals surface area contributed by atoms with Crippen LogP contribution in [0.5, 0.6) is 0 Å². The number of halogens is 1. The smallest absolute Gasteiger partial charge is 0.193 e. The van der Waals surface area contributed by atoms with Gasteiger partial charge in [-0.2, -0.15) is 0 Å². The van der Waals surface area contributed by atoms with Crippen LogP contribution >= 0.6 is 27.3 Å². The van der Waals surface area contributed by atoms with Gasteiger partial charge in [0.1, 0.15) is 6.04 Å². The number of pyridine rings is 1. The number of nitrogens with two attached hydrogens (primary N) is 1. The Kier molecular flexibility index (Phi) is 3.46. The lowest BCUT2D eigenvalue weighted by molar-refractivity contribution is 0.513. The Morgan fingerprint density at radius 2 is 2.28 bits per heavy atom. The highest BCUT2D eigenvalue weighted by molar-refractivity contribution is 9.11. The van der Waals surface area contributed by atoms with E-state index in [1.54, 1.807) is 11.3 Å². The lowest BCUT2D eigenvalue weighted by Crippen LogP contribution is -2.33. The summed E-state index contributed by atoms with van der Waals surface area (Å²) < 4.78 is 3.43. The van der Waals surface area contributed by atoms with Gasteiger partial charge in [-0.15, -0.1) is 11.3 Å². The summed E-state index contributed by atoms with van der Waals surface area (Å²) in [4.78, 5) is 10.6. The van der Waals surface area contributed by atoms with E-state index in [0.717, 1.165) is 27.5 Å². The van der Waals surface area contributed by atoms with Gasteiger partial charge in [-0.05, 0) is 58.1 Å². The van der Waals surface area contributed by atoms with E-state index < -0.39 is 0 Å². The fraction of sp³-hybridized carbons (Fsp3) is 0.222. The van der Waals surface area contributed by atoms with Crippen LogP contribution in [0.15, 0.2) is 57.3 Å². The number of nitrogens with one attached hydrogen (secondary N) is 1. The minimum atomic E-state index is -0.0234. The number of aromatic nitrogens is 2. The molecule has 0 radical (unpaired) electrons. The second-order valence-electron chi connectivity index (χ2n) is 6.37. The van der Waals surface area contributed by atoms with Crippen molar-refractivity contribution in [3.05, 3.63) is 62.8 Å². The van der Waals surface area contributed by atoms with Gasteiger partial charge in [-0.1, -0.05) is 0 Å². The van der Waals surface area contributed by atoms with Crippen LogP contribution in [-0.4, -0.2) is 15.5 Å². The van der Waals surface area contributed by atoms with Crippen molar-refractivity contribution in [2.75, 3.05) is 0 Å². The Labute approximate surface area is 157 Å². The van der Waals surface area contributed by atoms with E-state index in [1.807, 2.05) is 18.5 Å². The molecule has 25 heavy (non-hydrogen) atoms. The summed E-state index contributed by atoms with van der Waals surface area (Å²) in [6.45, 7) is 0. The Morgan fingerprint density at radius 1 is 1.36 bits per heavy atom. The van der Waals surface area contributed by atoms with Crippen molar-refractivity contribution in [1.82, 2.24) is 14.9 Å². The average molecular weight is 414 g/mol. The van der Waals surface area contributed by atoms with Crippen molar-refractivity contribution in [3.8, 4) is 0 Å². The third-order valence-corrected chi connectivity index (χ3v) is 6.61. The van der Waals surface area contributed by atoms with Gasteiger partial charge in [0, 0.05) is 35.1 Å². The van der Waals surface area contributed by atoms with Crippen LogP contribution in [0.3, 0.4) is 0 Å². The van der Waals surface area contributed by atoms with E-state index in [2.05, 4.69) is 55.3 Å². The highest BCUT2D eigenvalue weighted by Gasteiger charge is 2.33. The molecule has 0 amide bonds. The predicted molar refractivity (Wildman–Crippen MR) is 105 cm³/mol. The number of aryl methyl sites for hydroxylation is 1. The first kappa shape index (κ1) is 15.2. The third kappa shape index (κ3) is 2.49. The minimum absolute atomic E-state index is 0.0234. The van der Waals surface area contributed by atoms with E-state index in [-0.39, 0.29) is 12.1 Å². The molecule has 3 N–H and O–H groups in total. The van der Waals surface area contributed by atoms with E-state index in [4.69, 9.17) is 10.7 Å². The summed E-state index contributed by atoms with van der Waals surface area (Å²) in [5, 5.41) is 4.27. The van der Waals surface area contributed by atoms with Crippen molar-refractivity contribution >= 4 is 44.1 Å². The second-order valence-corrected chi connectivity index (χ2v) is 8.89. The molecule has 2 atom stereocenters. The second kappa shape index (κ2) is 5.71. The standard InChI is InChI=1S/C18H16BrN5S/c19-16-6-11-15(25-16)4-3-14(12-7-22-18(20)23-17(11)12)24-8-10-2-1-5-21-13(10)9-24/h1-2,5-9,14,17H,3-4H2,(H3,20,22,23). The van der Waals surface area contributed by atoms with Crippen LogP contribution in [0.4, 0.5) is 0 Å². The number of guanidine groups is 1. The van der Waals surface area contributed by atoms with Crippen LogP contribution in [0, 0.1) is 0 Å². The van der Waals surface area contributed by atoms with Crippen LogP contribution < -0.4 is 11.1 Å². The molecular formula is C18H16BrN5S. The molecule has 5 rings (SSSR count). The Bertz CT molecular complexity index is 998. The summed E-state index contributed by atoms with van der Waals surface area (Å²) >= 11 is 5.42. The molecule has 3 aromatic heterocycles. The third-order valence-electron chi connectivity index (χ3n) is 4.90. The van der Waals surface area contributed by atoms with Crippen molar-refractivity contribution in [2.24, 2.45) is 10.7 Å². The van der Waals surface area contributed by atoms with Gasteiger partial charge >= 0.3 is 0 Å². The first-order valence-electron chi connectivity index (χ1n) is 8.19. The van der Waals surface area contributed by atoms with Gasteiger partial charge < -0.3 is 15.6 Å². The molecule has 3 aromatic rings. The highest BCUT2D eigenvalue weighted by atomic mass is 79.9. The van der Waals surface area contributed by atoms with Gasteiger partial charge in [0.25, 0.3) is 0 Å². The fourth-order valence-electron chi connectivity index (χ4n) is 3.77. The van der Waals surface area contributed by atoms with E-state index >= 15 is 0 Å². The van der Waals surface area contributed by atoms with Crippen molar-refractivity contribution < 1.29 is 0 Å². The van der Waals surface area contributed by atoms with Gasteiger partial charge in [0.05, 0.1) is 15.3 Å². The molecule has 7 heteroatoms. The Hall–Kier alpha value is -2.12. The van der Waals surface area contributed by atoms with Gasteiger partial charge in [-0.25, -0.2) is 4.99 Å². The normalized spacial score (nSPS) is 22.4. The number of hydrogen-bond acceptors (Lipinski definition) is 5. The predicted octanol–water partition coefficient (Wildman–Crippen LogP) is 3.89. The zero-order chi connectivity index (χ0) is 17.0. The zero-order valence-corrected chi connectivity index (χ0v) is 15.7. The highest BCUT2D eigenvalue weighted by Crippen LogP contribution is 2.46. The topological polar surface area (TPSA) is 68.2 Å². The van der Waals surface area contributed by atoms with Crippen LogP contribution in [0.25, 0.3) is 10.9 Å². The van der Waals surface area contributed by atoms with Crippen LogP contribution in [-0.2, 0) is 6.42 Å². The SMILES string of the molecule is NC1=NC2C(=CN1)C(n1cc3cccnc3c1)CCc1sc(Br)cc12. The maximum Gasteiger partial charge on any atom is 0.193 e. The summed E-state index contributed by atoms with van der Waals surface area (Å²) in [5.41, 5.74) is 9.51. The average Bonchev–Trinajstić information content (AvgIpc) is 3.16. The molecular weight excluding hydrogens is 398 g/mol. The molecule has 1 aliphatic heterocycles. The summed E-state index contributed by atoms with van der Waals surface area (Å²) in [6, 6.07) is 6.48. The largest absolute Gasteiger partial charge is 0.370 e. The monoisotopic (exact) mass is 413 g/mol. The summed E-state index contributed by atoms with van der Waals surface area (Å²) in [6.07, 6.45) is 10.2. The molecule has 5 nitrogen and oxygen atoms in total. The number of aliphatic imine (C=N–C) groups is 1. The first-order chi connectivity index (χ1) is 12.2. The number of fused-ring (bicyclic) bond motifs is 4. The van der Waals surface area contributed by atoms with Crippen LogP contribution in [0.2, 0.25) is 0 Å². The molecule has 0 fully saturated rings. The van der Waals surface area contributed by atoms with Gasteiger partial charge in [0.15, 0.2) is 5.96 Å². The molecule has 0 saturated heterocycles. The minimum Gasteiger partial charge on any atom is -0.370 e. The van der Waals surface area contributed by atoms with Gasteiger partial charge in [0.2, 0.25) is 0 Å². The van der Waals surface area contributed by atoms with Crippen molar-refractivity contribution in [1.29, 1.82) is 0 Å². The van der Waals surface area contributed by atoms with Crippen molar-refractivity contribution in [3.63, 3.8) is 0 Å². The maximum atomic E-state index is 5.97. The summed E-state index contributed by atoms with van der Waals surface area (Å²) in [5.74, 6) is 0.474. The number of thiophene rings is 1. The quantitative estimate of drug-likeness (QED) is 0.635. The van der Waals surface area contributed by atoms with Gasteiger partial charge in [-0.3, -0.25) is 4.98 Å². The molecule has 126 valence electrons. The number of nitrogens with zero attached hydrogens (tertiary/aromatic N) is 3. The Balaban J connectivity index is 1.63. The fourth-order valence-corrected chi connectivity index (χ4v) is 5.53. The molecule has 0 spiro atoms. The molecule has 0 saturated carbocycles. The van der Waals surface area contributed by atoms with E-state index in [0.29, 0.717) is 5.96 Å².